The quantitative estimate of drug-likeness (QED) is 0.0195. The number of quaternary nitrogens is 1. The molecule has 0 aromatic rings. The van der Waals surface area contributed by atoms with Gasteiger partial charge in [0.2, 0.25) is 0 Å². The summed E-state index contributed by atoms with van der Waals surface area (Å²) in [6.45, 7) is 3.93. The Labute approximate surface area is 563 Å². The molecule has 0 aromatic heterocycles. The predicted octanol–water partition coefficient (Wildman–Crippen LogP) is 23.0. The number of ether oxygens (including phenoxy) is 2. The molecule has 514 valence electrons. The van der Waals surface area contributed by atoms with Crippen molar-refractivity contribution in [3.8, 4) is 0 Å². The molecule has 0 radical (unpaired) electrons. The van der Waals surface area contributed by atoms with E-state index in [9.17, 15) is 19.0 Å². The van der Waals surface area contributed by atoms with Crippen molar-refractivity contribution in [2.24, 2.45) is 0 Å². The maximum absolute atomic E-state index is 12.9. The molecule has 0 fully saturated rings. The highest BCUT2D eigenvalue weighted by Gasteiger charge is 2.22. The van der Waals surface area contributed by atoms with Gasteiger partial charge in [-0.15, -0.1) is 0 Å². The lowest BCUT2D eigenvalue weighted by Gasteiger charge is -2.28. The minimum Gasteiger partial charge on any atom is -0.756 e. The third kappa shape index (κ3) is 73.4. The van der Waals surface area contributed by atoms with Gasteiger partial charge >= 0.3 is 11.9 Å². The summed E-state index contributed by atoms with van der Waals surface area (Å²) in [7, 11) is 1.11. The molecule has 0 aliphatic rings. The van der Waals surface area contributed by atoms with Crippen molar-refractivity contribution in [3.63, 3.8) is 0 Å². The number of rotatable bonds is 62. The smallest absolute Gasteiger partial charge is 0.306 e. The lowest BCUT2D eigenvalue weighted by Crippen LogP contribution is -2.37. The van der Waals surface area contributed by atoms with Crippen LogP contribution in [0.5, 0.6) is 0 Å². The molecule has 0 rings (SSSR count). The molecule has 92 heavy (non-hydrogen) atoms. The van der Waals surface area contributed by atoms with Crippen LogP contribution in [-0.2, 0) is 32.7 Å². The molecule has 10 heteroatoms. The first-order valence-electron chi connectivity index (χ1n) is 35.4. The van der Waals surface area contributed by atoms with E-state index in [1.807, 2.05) is 21.1 Å². The van der Waals surface area contributed by atoms with Crippen LogP contribution in [0.15, 0.2) is 219 Å². The van der Waals surface area contributed by atoms with Gasteiger partial charge in [0.15, 0.2) is 6.10 Å². The largest absolute Gasteiger partial charge is 0.756 e. The van der Waals surface area contributed by atoms with Gasteiger partial charge < -0.3 is 27.9 Å². The van der Waals surface area contributed by atoms with Gasteiger partial charge in [0.05, 0.1) is 27.7 Å². The standard InChI is InChI=1S/C82H128NO8P/c1-6-8-10-12-14-16-18-20-22-24-26-28-30-32-34-36-38-39-40-41-42-43-45-47-49-51-53-55-57-59-61-63-65-67-69-71-73-75-82(85)91-80(79-90-92(86,87)89-77-76-83(3,4)5)78-88-81(84)74-72-70-68-66-64-62-60-58-56-54-52-50-48-46-44-37-35-33-31-29-27-25-23-21-19-17-15-13-11-9-7-2/h8-11,14-17,20-23,26-29,32-35,38-39,41-42,44-47,50-53,57,59,63,65,80H,6-7,12-13,18-19,24-25,30-31,36-37,40,43,48-49,54-56,58,60-62,64,66-79H2,1-5H3/b10-8-,11-9-,16-14-,17-15-,22-20-,23-21-,28-26-,29-27-,34-32-,35-33-,39-38-,42-41-,46-44-,47-45-,52-50-,53-51-,59-57-,65-63-. The van der Waals surface area contributed by atoms with Crippen molar-refractivity contribution in [1.82, 2.24) is 0 Å². The van der Waals surface area contributed by atoms with Gasteiger partial charge in [-0.2, -0.15) is 0 Å². The number of hydrogen-bond acceptors (Lipinski definition) is 8. The second kappa shape index (κ2) is 69.7. The third-order valence-electron chi connectivity index (χ3n) is 14.0. The van der Waals surface area contributed by atoms with Crippen LogP contribution in [0.2, 0.25) is 0 Å². The summed E-state index contributed by atoms with van der Waals surface area (Å²) in [5.74, 6) is -0.897. The van der Waals surface area contributed by atoms with Crippen LogP contribution in [0.25, 0.3) is 0 Å². The second-order valence-electron chi connectivity index (χ2n) is 23.8. The van der Waals surface area contributed by atoms with Crippen molar-refractivity contribution in [3.05, 3.63) is 219 Å². The molecule has 0 N–H and O–H groups in total. The molecule has 2 atom stereocenters. The number of likely N-dealkylation sites (N-methyl/N-ethyl adjacent to an activating group) is 1. The first-order valence-corrected chi connectivity index (χ1v) is 36.9. The first-order chi connectivity index (χ1) is 45.0. The molecule has 0 bridgehead atoms. The number of nitrogens with zero attached hydrogens (tertiary/aromatic N) is 1. The summed E-state index contributed by atoms with van der Waals surface area (Å²) in [5.41, 5.74) is 0. The van der Waals surface area contributed by atoms with Crippen molar-refractivity contribution in [1.29, 1.82) is 0 Å². The van der Waals surface area contributed by atoms with E-state index >= 15 is 0 Å². The Hall–Kier alpha value is -5.67. The Morgan fingerprint density at radius 2 is 0.587 bits per heavy atom. The van der Waals surface area contributed by atoms with Crippen molar-refractivity contribution >= 4 is 19.8 Å². The number of phosphoric acid groups is 1. The van der Waals surface area contributed by atoms with Gasteiger partial charge in [0, 0.05) is 12.8 Å². The van der Waals surface area contributed by atoms with E-state index in [4.69, 9.17) is 18.5 Å². The van der Waals surface area contributed by atoms with Crippen molar-refractivity contribution in [2.75, 3.05) is 47.5 Å². The first kappa shape index (κ1) is 86.3. The zero-order valence-electron chi connectivity index (χ0n) is 58.4. The normalized spacial score (nSPS) is 14.5. The average molecular weight is 1290 g/mol. The minimum atomic E-state index is -4.67. The molecular weight excluding hydrogens is 1160 g/mol. The van der Waals surface area contributed by atoms with Crippen molar-refractivity contribution < 1.29 is 42.1 Å². The number of unbranched alkanes of at least 4 members (excludes halogenated alkanes) is 12. The van der Waals surface area contributed by atoms with Crippen molar-refractivity contribution in [2.45, 2.75) is 238 Å². The zero-order chi connectivity index (χ0) is 66.9. The highest BCUT2D eigenvalue weighted by Crippen LogP contribution is 2.38. The number of esters is 2. The Bertz CT molecular complexity index is 2360. The molecule has 9 nitrogen and oxygen atoms in total. The Kier molecular flexibility index (Phi) is 65.4. The number of hydrogen-bond donors (Lipinski definition) is 0. The summed E-state index contributed by atoms with van der Waals surface area (Å²) in [6.07, 6.45) is 112. The topological polar surface area (TPSA) is 111 Å². The minimum absolute atomic E-state index is 0.0514. The maximum Gasteiger partial charge on any atom is 0.306 e. The van der Waals surface area contributed by atoms with Gasteiger partial charge in [-0.05, 0) is 154 Å². The summed E-state index contributed by atoms with van der Waals surface area (Å²) in [6, 6.07) is 0. The lowest BCUT2D eigenvalue weighted by molar-refractivity contribution is -0.870. The fraction of sp³-hybridized carbons (Fsp3) is 0.537. The fourth-order valence-corrected chi connectivity index (χ4v) is 9.37. The SMILES string of the molecule is CC/C=C\C/C=C\C/C=C\C/C=C\C/C=C\C/C=C\C/C=C\C/C=C\C/C=C\C/C=C\C/C=C\CCCCCC(=O)OC(COC(=O)CCCCCCCCCCC/C=C\C/C=C\C/C=C\C/C=C\C/C=C\C/C=C\C/C=C\CC)COP(=O)([O-])OCC[N+](C)(C)C. The Balaban J connectivity index is 4.24. The van der Waals surface area contributed by atoms with Crippen LogP contribution in [0.3, 0.4) is 0 Å². The number of allylic oxidation sites excluding steroid dienone is 36. The molecule has 0 heterocycles. The van der Waals surface area contributed by atoms with E-state index in [1.54, 1.807) is 0 Å². The molecule has 0 spiro atoms. The van der Waals surface area contributed by atoms with E-state index in [2.05, 4.69) is 233 Å². The van der Waals surface area contributed by atoms with Gasteiger partial charge in [-0.25, -0.2) is 0 Å². The molecule has 2 unspecified atom stereocenters. The van der Waals surface area contributed by atoms with Crippen LogP contribution < -0.4 is 4.89 Å². The van der Waals surface area contributed by atoms with Gasteiger partial charge in [0.1, 0.15) is 19.8 Å². The van der Waals surface area contributed by atoms with E-state index in [0.29, 0.717) is 23.9 Å². The number of carbonyl (C=O) groups is 2. The highest BCUT2D eigenvalue weighted by molar-refractivity contribution is 7.45. The van der Waals surface area contributed by atoms with Crippen LogP contribution in [0, 0.1) is 0 Å². The van der Waals surface area contributed by atoms with E-state index < -0.39 is 32.5 Å². The third-order valence-corrected chi connectivity index (χ3v) is 15.0. The van der Waals surface area contributed by atoms with Gasteiger partial charge in [-0.3, -0.25) is 14.2 Å². The summed E-state index contributed by atoms with van der Waals surface area (Å²) >= 11 is 0. The maximum atomic E-state index is 12.9. The van der Waals surface area contributed by atoms with E-state index in [0.717, 1.165) is 161 Å². The molecule has 0 saturated carbocycles. The average Bonchev–Trinajstić information content (AvgIpc) is 2.34. The van der Waals surface area contributed by atoms with E-state index in [-0.39, 0.29) is 26.1 Å². The number of phosphoric ester groups is 1. The van der Waals surface area contributed by atoms with Crippen LogP contribution >= 0.6 is 7.82 Å². The Morgan fingerprint density at radius 3 is 0.880 bits per heavy atom. The molecular formula is C82H128NO8P. The molecule has 0 aliphatic carbocycles. The van der Waals surface area contributed by atoms with Crippen LogP contribution in [-0.4, -0.2) is 70.0 Å². The van der Waals surface area contributed by atoms with E-state index in [1.165, 1.54) is 32.1 Å². The fourth-order valence-electron chi connectivity index (χ4n) is 8.64. The molecule has 0 amide bonds. The van der Waals surface area contributed by atoms with Crippen LogP contribution in [0.4, 0.5) is 0 Å². The highest BCUT2D eigenvalue weighted by atomic mass is 31.2. The van der Waals surface area contributed by atoms with Crippen LogP contribution in [0.1, 0.15) is 232 Å². The van der Waals surface area contributed by atoms with Gasteiger partial charge in [0.25, 0.3) is 7.82 Å². The Morgan fingerprint density at radius 1 is 0.337 bits per heavy atom. The summed E-state index contributed by atoms with van der Waals surface area (Å²) in [5, 5.41) is 0. The molecule has 0 aliphatic heterocycles. The molecule has 0 aromatic carbocycles. The monoisotopic (exact) mass is 1290 g/mol. The summed E-state index contributed by atoms with van der Waals surface area (Å²) in [4.78, 5) is 38.1. The predicted molar refractivity (Wildman–Crippen MR) is 396 cm³/mol. The summed E-state index contributed by atoms with van der Waals surface area (Å²) < 4.78 is 34.2. The molecule has 0 saturated heterocycles. The zero-order valence-corrected chi connectivity index (χ0v) is 59.3. The number of carbonyl (C=O) groups excluding carboxylic acids is 2. The van der Waals surface area contributed by atoms with Gasteiger partial charge in [-0.1, -0.05) is 284 Å². The second-order valence-corrected chi connectivity index (χ2v) is 25.2. The lowest BCUT2D eigenvalue weighted by atomic mass is 10.1.